The van der Waals surface area contributed by atoms with E-state index in [1.807, 2.05) is 0 Å². The van der Waals surface area contributed by atoms with E-state index in [0.29, 0.717) is 21.9 Å². The van der Waals surface area contributed by atoms with Crippen LogP contribution in [-0.2, 0) is 0 Å². The molecule has 6 heteroatoms. The number of carbonyl (C=O) groups excluding carboxylic acids is 1. The lowest BCUT2D eigenvalue weighted by Gasteiger charge is -2.05. The fourth-order valence-corrected chi connectivity index (χ4v) is 4.50. The van der Waals surface area contributed by atoms with Gasteiger partial charge in [0.2, 0.25) is 0 Å². The lowest BCUT2D eigenvalue weighted by molar-refractivity contribution is 0.103. The molecule has 2 rings (SSSR count). The van der Waals surface area contributed by atoms with Gasteiger partial charge in [-0.3, -0.25) is 4.79 Å². The highest BCUT2D eigenvalue weighted by Gasteiger charge is 2.18. The minimum absolute atomic E-state index is 0.114. The molecule has 0 atom stereocenters. The third kappa shape index (κ3) is 2.79. The zero-order chi connectivity index (χ0) is 13.3. The molecule has 0 aliphatic rings. The normalized spacial score (nSPS) is 10.4. The van der Waals surface area contributed by atoms with Gasteiger partial charge in [0.05, 0.1) is 19.7 Å². The van der Waals surface area contributed by atoms with Crippen molar-refractivity contribution in [1.29, 1.82) is 0 Å². The first-order valence-electron chi connectivity index (χ1n) is 4.86. The number of ether oxygens (including phenoxy) is 1. The van der Waals surface area contributed by atoms with Gasteiger partial charge in [0.1, 0.15) is 5.75 Å². The summed E-state index contributed by atoms with van der Waals surface area (Å²) in [4.78, 5) is 12.3. The summed E-state index contributed by atoms with van der Waals surface area (Å²) in [7, 11) is 1.56. The van der Waals surface area contributed by atoms with Crippen LogP contribution in [0.15, 0.2) is 31.8 Å². The summed E-state index contributed by atoms with van der Waals surface area (Å²) in [5.74, 6) is 0.513. The number of methoxy groups -OCH3 is 1. The summed E-state index contributed by atoms with van der Waals surface area (Å²) in [6.45, 7) is 0. The van der Waals surface area contributed by atoms with Crippen LogP contribution in [0.2, 0.25) is 5.02 Å². The van der Waals surface area contributed by atoms with Gasteiger partial charge in [-0.15, -0.1) is 11.3 Å². The average molecular weight is 411 g/mol. The molecule has 1 aromatic carbocycles. The SMILES string of the molecule is COc1ccc(C(=O)c2cc(Br)sc2Br)c(Cl)c1. The summed E-state index contributed by atoms with van der Waals surface area (Å²) in [5, 5.41) is 0.383. The van der Waals surface area contributed by atoms with Crippen molar-refractivity contribution in [2.75, 3.05) is 7.11 Å². The highest BCUT2D eigenvalue weighted by molar-refractivity contribution is 9.12. The highest BCUT2D eigenvalue weighted by Crippen LogP contribution is 2.34. The third-order valence-electron chi connectivity index (χ3n) is 2.32. The number of carbonyl (C=O) groups is 1. The summed E-state index contributed by atoms with van der Waals surface area (Å²) in [6, 6.07) is 6.79. The van der Waals surface area contributed by atoms with Crippen LogP contribution in [-0.4, -0.2) is 12.9 Å². The van der Waals surface area contributed by atoms with Crippen molar-refractivity contribution < 1.29 is 9.53 Å². The second-order valence-corrected chi connectivity index (χ2v) is 7.57. The van der Waals surface area contributed by atoms with Gasteiger partial charge < -0.3 is 4.74 Å². The molecule has 0 aliphatic heterocycles. The molecule has 0 bridgehead atoms. The van der Waals surface area contributed by atoms with Gasteiger partial charge in [-0.05, 0) is 56.1 Å². The molecule has 0 radical (unpaired) electrons. The Balaban J connectivity index is 2.43. The fourth-order valence-electron chi connectivity index (χ4n) is 1.45. The average Bonchev–Trinajstić information content (AvgIpc) is 2.67. The van der Waals surface area contributed by atoms with Crippen molar-refractivity contribution in [3.05, 3.63) is 48.0 Å². The Bertz CT molecular complexity index is 610. The number of rotatable bonds is 3. The van der Waals surface area contributed by atoms with E-state index >= 15 is 0 Å². The molecule has 0 N–H and O–H groups in total. The Kier molecular flexibility index (Phi) is 4.48. The number of thiophene rings is 1. The van der Waals surface area contributed by atoms with Crippen LogP contribution in [0.5, 0.6) is 5.75 Å². The van der Waals surface area contributed by atoms with Crippen molar-refractivity contribution in [3.8, 4) is 5.75 Å². The monoisotopic (exact) mass is 408 g/mol. The summed E-state index contributed by atoms with van der Waals surface area (Å²) < 4.78 is 6.73. The van der Waals surface area contributed by atoms with Crippen LogP contribution < -0.4 is 4.74 Å². The van der Waals surface area contributed by atoms with E-state index in [4.69, 9.17) is 16.3 Å². The van der Waals surface area contributed by atoms with Gasteiger partial charge in [0, 0.05) is 11.1 Å². The van der Waals surface area contributed by atoms with Crippen molar-refractivity contribution in [1.82, 2.24) is 0 Å². The Morgan fingerprint density at radius 2 is 2.00 bits per heavy atom. The summed E-state index contributed by atoms with van der Waals surface area (Å²) >= 11 is 14.3. The predicted octanol–water partition coefficient (Wildman–Crippen LogP) is 5.17. The van der Waals surface area contributed by atoms with E-state index < -0.39 is 0 Å². The van der Waals surface area contributed by atoms with Crippen LogP contribution >= 0.6 is 54.8 Å². The lowest BCUT2D eigenvalue weighted by Crippen LogP contribution is -2.01. The van der Waals surface area contributed by atoms with Crippen molar-refractivity contribution >= 4 is 60.6 Å². The van der Waals surface area contributed by atoms with Crippen molar-refractivity contribution in [3.63, 3.8) is 0 Å². The van der Waals surface area contributed by atoms with E-state index in [-0.39, 0.29) is 5.78 Å². The van der Waals surface area contributed by atoms with E-state index in [0.717, 1.165) is 7.57 Å². The molecule has 18 heavy (non-hydrogen) atoms. The third-order valence-corrected chi connectivity index (χ3v) is 4.97. The molecule has 1 aromatic heterocycles. The van der Waals surface area contributed by atoms with Gasteiger partial charge in [0.15, 0.2) is 5.78 Å². The van der Waals surface area contributed by atoms with Crippen molar-refractivity contribution in [2.45, 2.75) is 0 Å². The Hall–Kier alpha value is -0.360. The van der Waals surface area contributed by atoms with Crippen molar-refractivity contribution in [2.24, 2.45) is 0 Å². The molecule has 2 nitrogen and oxygen atoms in total. The Labute approximate surface area is 130 Å². The molecule has 0 amide bonds. The van der Waals surface area contributed by atoms with Crippen LogP contribution in [0.4, 0.5) is 0 Å². The molecule has 0 fully saturated rings. The van der Waals surface area contributed by atoms with Gasteiger partial charge in [-0.1, -0.05) is 11.6 Å². The number of benzene rings is 1. The zero-order valence-corrected chi connectivity index (χ0v) is 13.9. The first-order valence-corrected chi connectivity index (χ1v) is 7.64. The number of halogens is 3. The maximum Gasteiger partial charge on any atom is 0.196 e. The first kappa shape index (κ1) is 14.1. The number of hydrogen-bond acceptors (Lipinski definition) is 3. The fraction of sp³-hybridized carbons (Fsp3) is 0.0833. The molecule has 1 heterocycles. The second-order valence-electron chi connectivity index (χ2n) is 3.41. The van der Waals surface area contributed by atoms with E-state index in [2.05, 4.69) is 31.9 Å². The summed E-state index contributed by atoms with van der Waals surface area (Å²) in [5.41, 5.74) is 1.06. The largest absolute Gasteiger partial charge is 0.497 e. The molecular weight excluding hydrogens is 403 g/mol. The van der Waals surface area contributed by atoms with E-state index in [9.17, 15) is 4.79 Å². The summed E-state index contributed by atoms with van der Waals surface area (Å²) in [6.07, 6.45) is 0. The first-order chi connectivity index (χ1) is 8.52. The second kappa shape index (κ2) is 5.74. The maximum absolute atomic E-state index is 12.3. The van der Waals surface area contributed by atoms with Crippen LogP contribution in [0.25, 0.3) is 0 Å². The van der Waals surface area contributed by atoms with Gasteiger partial charge in [-0.2, -0.15) is 0 Å². The highest BCUT2D eigenvalue weighted by atomic mass is 79.9. The molecule has 2 aromatic rings. The molecule has 0 aliphatic carbocycles. The van der Waals surface area contributed by atoms with Gasteiger partial charge in [0.25, 0.3) is 0 Å². The minimum atomic E-state index is -0.114. The van der Waals surface area contributed by atoms with Crippen LogP contribution in [0.3, 0.4) is 0 Å². The number of ketones is 1. The molecule has 0 unspecified atom stereocenters. The topological polar surface area (TPSA) is 26.3 Å². The Morgan fingerprint density at radius 1 is 1.28 bits per heavy atom. The molecule has 0 saturated carbocycles. The maximum atomic E-state index is 12.3. The number of hydrogen-bond donors (Lipinski definition) is 0. The zero-order valence-electron chi connectivity index (χ0n) is 9.17. The molecule has 94 valence electrons. The van der Waals surface area contributed by atoms with E-state index in [1.165, 1.54) is 11.3 Å². The standard InChI is InChI=1S/C12H7Br2ClO2S/c1-17-6-2-3-7(9(15)4-6)11(16)8-5-10(13)18-12(8)14/h2-5H,1H3. The smallest absolute Gasteiger partial charge is 0.196 e. The Morgan fingerprint density at radius 3 is 2.50 bits per heavy atom. The minimum Gasteiger partial charge on any atom is -0.497 e. The lowest BCUT2D eigenvalue weighted by atomic mass is 10.1. The predicted molar refractivity (Wildman–Crippen MR) is 81.2 cm³/mol. The van der Waals surface area contributed by atoms with Gasteiger partial charge in [-0.25, -0.2) is 0 Å². The molecular formula is C12H7Br2ClO2S. The quantitative estimate of drug-likeness (QED) is 0.653. The van der Waals surface area contributed by atoms with Crippen LogP contribution in [0.1, 0.15) is 15.9 Å². The molecule has 0 saturated heterocycles. The van der Waals surface area contributed by atoms with Crippen LogP contribution in [0, 0.1) is 0 Å². The molecule has 0 spiro atoms. The van der Waals surface area contributed by atoms with E-state index in [1.54, 1.807) is 31.4 Å². The van der Waals surface area contributed by atoms with Gasteiger partial charge >= 0.3 is 0 Å².